The molecule has 572 valence electrons. The highest BCUT2D eigenvalue weighted by atomic mass is 28.3. The Morgan fingerprint density at radius 1 is 0.308 bits per heavy atom. The molecule has 0 atom stereocenters. The molecule has 0 spiro atoms. The van der Waals surface area contributed by atoms with Crippen LogP contribution in [0.4, 0.5) is 102 Å². The lowest BCUT2D eigenvalue weighted by Crippen LogP contribution is -2.65. The summed E-state index contributed by atoms with van der Waals surface area (Å²) in [5.41, 5.74) is 37.4. The maximum absolute atomic E-state index is 2.95. The van der Waals surface area contributed by atoms with Crippen molar-refractivity contribution in [2.45, 2.75) is 112 Å². The molecule has 10 heteroatoms. The Morgan fingerprint density at radius 2 is 0.735 bits per heavy atom. The van der Waals surface area contributed by atoms with Crippen molar-refractivity contribution >= 4 is 180 Å². The number of anilines is 18. The molecule has 0 radical (unpaired) electrons. The Balaban J connectivity index is 0.832. The van der Waals surface area contributed by atoms with Crippen LogP contribution in [-0.4, -0.2) is 29.6 Å². The molecule has 15 aromatic carbocycles. The van der Waals surface area contributed by atoms with Crippen molar-refractivity contribution in [3.8, 4) is 0 Å². The van der Waals surface area contributed by atoms with Gasteiger partial charge in [-0.3, -0.25) is 0 Å². The number of rotatable bonds is 16. The maximum atomic E-state index is 2.69. The summed E-state index contributed by atoms with van der Waals surface area (Å²) in [6, 6.07) is 130. The Bertz CT molecular complexity index is 6280. The summed E-state index contributed by atoms with van der Waals surface area (Å²) in [5.74, 6) is 0. The minimum Gasteiger partial charge on any atom is -0.312 e. The van der Waals surface area contributed by atoms with Crippen LogP contribution in [0.3, 0.4) is 0 Å². The van der Waals surface area contributed by atoms with Crippen molar-refractivity contribution in [2.24, 2.45) is 0 Å². The SMILES string of the molecule is Cc1ccc(N2c3ccc(C)cc3B3c4ccc(N(c5ccccc5)c5ccccc5)cc4N(c4ccccc4)c4c3c2cc(N(c2ccccc2)c2cccc(CC(C)(C)c3ccc5c(c3)B3c6cc(C)ccc6N(c6ccc(C)cc6)c6c([Si](C)(C)C)ccc(c63)N5c3ccc(C(C)(C)C)cc3)c2)c4[Si](C)(C)c2ccccc2)cc1. The monoisotopic (exact) mass is 1550 g/mol. The fourth-order valence-electron chi connectivity index (χ4n) is 19.5. The molecule has 0 fully saturated rings. The second kappa shape index (κ2) is 28.8. The average molecular weight is 1550 g/mol. The highest BCUT2D eigenvalue weighted by Crippen LogP contribution is 2.52. The second-order valence-electron chi connectivity index (χ2n) is 36.2. The lowest BCUT2D eigenvalue weighted by atomic mass is 9.33. The lowest BCUT2D eigenvalue weighted by molar-refractivity contribution is 0.523. The highest BCUT2D eigenvalue weighted by Gasteiger charge is 2.50. The molecule has 0 aromatic heterocycles. The molecule has 0 aliphatic carbocycles. The van der Waals surface area contributed by atoms with Gasteiger partial charge in [-0.1, -0.05) is 295 Å². The first-order chi connectivity index (χ1) is 56.5. The van der Waals surface area contributed by atoms with E-state index in [0.29, 0.717) is 0 Å². The molecule has 0 amide bonds. The Kier molecular flexibility index (Phi) is 18.4. The first kappa shape index (κ1) is 74.8. The predicted octanol–water partition coefficient (Wildman–Crippen LogP) is 23.2. The fourth-order valence-corrected chi connectivity index (χ4v) is 24.0. The van der Waals surface area contributed by atoms with E-state index < -0.39 is 16.1 Å². The third kappa shape index (κ3) is 12.9. The van der Waals surface area contributed by atoms with Crippen molar-refractivity contribution in [2.75, 3.05) is 29.4 Å². The maximum Gasteiger partial charge on any atom is 0.252 e. The second-order valence-corrected chi connectivity index (χ2v) is 45.6. The third-order valence-electron chi connectivity index (χ3n) is 25.3. The molecular weight excluding hydrogens is 1450 g/mol. The van der Waals surface area contributed by atoms with Crippen molar-refractivity contribution in [1.29, 1.82) is 0 Å². The summed E-state index contributed by atoms with van der Waals surface area (Å²) in [5, 5.41) is 4.18. The zero-order valence-electron chi connectivity index (χ0n) is 69.9. The number of fused-ring (bicyclic) bond motifs is 8. The molecule has 4 heterocycles. The van der Waals surface area contributed by atoms with Gasteiger partial charge in [-0.05, 0) is 244 Å². The van der Waals surface area contributed by atoms with Crippen LogP contribution in [0.15, 0.2) is 340 Å². The van der Waals surface area contributed by atoms with E-state index >= 15 is 0 Å². The number of hydrogen-bond acceptors (Lipinski definition) is 6. The summed E-state index contributed by atoms with van der Waals surface area (Å²) in [6.07, 6.45) is 0.777. The molecule has 15 aromatic rings. The van der Waals surface area contributed by atoms with Crippen molar-refractivity contribution in [3.63, 3.8) is 0 Å². The van der Waals surface area contributed by atoms with Gasteiger partial charge in [0.1, 0.15) is 8.07 Å². The first-order valence-electron chi connectivity index (χ1n) is 41.7. The fraction of sp³-hybridized carbons (Fsp3) is 0.159. The van der Waals surface area contributed by atoms with Crippen LogP contribution < -0.4 is 77.7 Å². The smallest absolute Gasteiger partial charge is 0.252 e. The van der Waals surface area contributed by atoms with E-state index in [4.69, 9.17) is 0 Å². The molecule has 4 aliphatic rings. The van der Waals surface area contributed by atoms with E-state index in [2.05, 4.69) is 464 Å². The summed E-state index contributed by atoms with van der Waals surface area (Å²) in [4.78, 5) is 15.6. The highest BCUT2D eigenvalue weighted by molar-refractivity contribution is 7.05. The number of para-hydroxylation sites is 4. The number of hydrogen-bond donors (Lipinski definition) is 0. The predicted molar refractivity (Wildman–Crippen MR) is 511 cm³/mol. The molecule has 19 rings (SSSR count). The van der Waals surface area contributed by atoms with Crippen molar-refractivity contribution in [3.05, 3.63) is 379 Å². The molecule has 0 bridgehead atoms. The van der Waals surface area contributed by atoms with E-state index in [-0.39, 0.29) is 24.3 Å². The Labute approximate surface area is 695 Å². The van der Waals surface area contributed by atoms with Crippen LogP contribution in [0, 0.1) is 27.7 Å². The molecule has 4 aliphatic heterocycles. The van der Waals surface area contributed by atoms with Gasteiger partial charge in [-0.15, -0.1) is 0 Å². The topological polar surface area (TPSA) is 19.4 Å². The molecule has 117 heavy (non-hydrogen) atoms. The largest absolute Gasteiger partial charge is 0.312 e. The van der Waals surface area contributed by atoms with Gasteiger partial charge >= 0.3 is 0 Å². The molecule has 0 saturated carbocycles. The third-order valence-corrected chi connectivity index (χ3v) is 30.8. The Morgan fingerprint density at radius 3 is 1.30 bits per heavy atom. The van der Waals surface area contributed by atoms with Crippen molar-refractivity contribution < 1.29 is 0 Å². The summed E-state index contributed by atoms with van der Waals surface area (Å²) in [7, 11) is -4.98. The van der Waals surface area contributed by atoms with Crippen LogP contribution in [0.1, 0.15) is 73.6 Å². The van der Waals surface area contributed by atoms with E-state index in [9.17, 15) is 0 Å². The Hall–Kier alpha value is -12.3. The van der Waals surface area contributed by atoms with Gasteiger partial charge in [-0.25, -0.2) is 0 Å². The van der Waals surface area contributed by atoms with E-state index in [0.717, 1.165) is 63.3 Å². The van der Waals surface area contributed by atoms with Crippen LogP contribution in [0.25, 0.3) is 0 Å². The van der Waals surface area contributed by atoms with Gasteiger partial charge in [0.15, 0.2) is 0 Å². The van der Waals surface area contributed by atoms with Gasteiger partial charge in [-0.2, -0.15) is 0 Å². The standard InChI is InChI=1S/C107H100B2N6Si2/c1-72-43-52-83(53-44-72)113-93-60-47-74(3)65-90(93)108-89-59-58-87(110(79-32-20-15-21-33-79)80-34-22-16-23-35-80)69-97(89)115(82-38-26-18-27-39-82)104-102(108)98(113)70-99(105(104)117(13,14)88-41-28-19-29-42-88)111(81-36-24-17-25-37-81)86-40-30-31-76(67-86)71-107(8,9)78-51-62-94-92(68-78)109-91-66-75(4)48-61-95(91)114(85-54-45-73(2)46-55-85)103-100(116(10,11)12)64-63-96(101(103)109)112(94)84-56-49-77(50-57-84)106(5,6)7/h15-70H,71H2,1-14H3. The van der Waals surface area contributed by atoms with Gasteiger partial charge in [0.25, 0.3) is 13.4 Å². The normalized spacial score (nSPS) is 13.3. The van der Waals surface area contributed by atoms with Gasteiger partial charge in [0, 0.05) is 102 Å². The number of benzene rings is 15. The zero-order chi connectivity index (χ0) is 80.6. The molecule has 0 N–H and O–H groups in total. The minimum absolute atomic E-state index is 0.00183. The lowest BCUT2D eigenvalue weighted by Gasteiger charge is -2.48. The van der Waals surface area contributed by atoms with E-state index in [1.54, 1.807) is 0 Å². The molecule has 0 saturated heterocycles. The minimum atomic E-state index is -2.95. The number of aryl methyl sites for hydroxylation is 4. The first-order valence-corrected chi connectivity index (χ1v) is 48.2. The van der Waals surface area contributed by atoms with Crippen LogP contribution in [-0.2, 0) is 17.3 Å². The average Bonchev–Trinajstić information content (AvgIpc) is 0.686. The van der Waals surface area contributed by atoms with E-state index in [1.807, 2.05) is 0 Å². The summed E-state index contributed by atoms with van der Waals surface area (Å²) >= 11 is 0. The van der Waals surface area contributed by atoms with Gasteiger partial charge in [0.2, 0.25) is 0 Å². The zero-order valence-corrected chi connectivity index (χ0v) is 71.9. The van der Waals surface area contributed by atoms with E-state index in [1.165, 1.54) is 133 Å². The molecular formula is C107H100B2N6Si2. The van der Waals surface area contributed by atoms with Gasteiger partial charge in [0.05, 0.1) is 8.07 Å². The van der Waals surface area contributed by atoms with Crippen LogP contribution >= 0.6 is 0 Å². The summed E-state index contributed by atoms with van der Waals surface area (Å²) < 4.78 is 0. The number of nitrogens with zero attached hydrogens (tertiary/aromatic N) is 6. The van der Waals surface area contributed by atoms with Crippen molar-refractivity contribution in [1.82, 2.24) is 0 Å². The van der Waals surface area contributed by atoms with Crippen LogP contribution in [0.5, 0.6) is 0 Å². The molecule has 6 nitrogen and oxygen atoms in total. The molecule has 0 unspecified atom stereocenters. The van der Waals surface area contributed by atoms with Gasteiger partial charge < -0.3 is 29.4 Å². The quantitative estimate of drug-likeness (QED) is 0.0892. The summed E-state index contributed by atoms with van der Waals surface area (Å²) in [6.45, 7) is 33.5. The van der Waals surface area contributed by atoms with Crippen LogP contribution in [0.2, 0.25) is 32.7 Å².